The second kappa shape index (κ2) is 4.76. The average molecular weight is 194 g/mol. The van der Waals surface area contributed by atoms with Crippen molar-refractivity contribution in [3.63, 3.8) is 0 Å². The Morgan fingerprint density at radius 3 is 2.57 bits per heavy atom. The lowest BCUT2D eigenvalue weighted by molar-refractivity contribution is 0.138. The number of ether oxygens (including phenoxy) is 1. The number of rotatable bonds is 0. The van der Waals surface area contributed by atoms with Gasteiger partial charge in [-0.1, -0.05) is 24.3 Å². The van der Waals surface area contributed by atoms with Crippen molar-refractivity contribution < 1.29 is 9.84 Å². The number of hydrogen-bond acceptors (Lipinski definition) is 2. The van der Waals surface area contributed by atoms with Gasteiger partial charge in [0.1, 0.15) is 6.10 Å². The summed E-state index contributed by atoms with van der Waals surface area (Å²) < 4.78 is 5.43. The van der Waals surface area contributed by atoms with Crippen LogP contribution < -0.4 is 0 Å². The lowest BCUT2D eigenvalue weighted by Crippen LogP contribution is -2.15. The summed E-state index contributed by atoms with van der Waals surface area (Å²) in [5.41, 5.74) is 0. The van der Waals surface area contributed by atoms with E-state index < -0.39 is 0 Å². The second-order valence-corrected chi connectivity index (χ2v) is 4.04. The van der Waals surface area contributed by atoms with Gasteiger partial charge in [0, 0.05) is 0 Å². The van der Waals surface area contributed by atoms with E-state index in [-0.39, 0.29) is 12.2 Å². The predicted molar refractivity (Wildman–Crippen MR) is 56.0 cm³/mol. The second-order valence-electron chi connectivity index (χ2n) is 4.04. The van der Waals surface area contributed by atoms with Gasteiger partial charge in [0.25, 0.3) is 0 Å². The maximum absolute atomic E-state index is 9.71. The lowest BCUT2D eigenvalue weighted by Gasteiger charge is -2.03. The number of hydrogen-bond donors (Lipinski definition) is 1. The average Bonchev–Trinajstić information content (AvgIpc) is 2.92. The summed E-state index contributed by atoms with van der Waals surface area (Å²) in [6.07, 6.45) is 13.9. The summed E-state index contributed by atoms with van der Waals surface area (Å²) in [6, 6.07) is 0. The van der Waals surface area contributed by atoms with E-state index in [1.807, 2.05) is 0 Å². The van der Waals surface area contributed by atoms with Gasteiger partial charge in [-0.15, -0.1) is 0 Å². The molecule has 2 heteroatoms. The first-order valence-corrected chi connectivity index (χ1v) is 5.51. The molecule has 0 aromatic rings. The van der Waals surface area contributed by atoms with Crippen LogP contribution in [0.1, 0.15) is 32.1 Å². The third-order valence-electron chi connectivity index (χ3n) is 2.83. The van der Waals surface area contributed by atoms with E-state index in [1.165, 1.54) is 0 Å². The summed E-state index contributed by atoms with van der Waals surface area (Å²) in [7, 11) is 0. The third kappa shape index (κ3) is 2.69. The normalized spacial score (nSPS) is 42.8. The highest BCUT2D eigenvalue weighted by Crippen LogP contribution is 2.31. The van der Waals surface area contributed by atoms with Gasteiger partial charge in [-0.2, -0.15) is 0 Å². The van der Waals surface area contributed by atoms with Crippen LogP contribution in [0.4, 0.5) is 0 Å². The molecule has 0 spiro atoms. The molecule has 0 aromatic carbocycles. The minimum Gasteiger partial charge on any atom is -0.390 e. The minimum absolute atomic E-state index is 0.104. The van der Waals surface area contributed by atoms with Crippen LogP contribution in [0.3, 0.4) is 0 Å². The quantitative estimate of drug-likeness (QED) is 0.473. The summed E-state index contributed by atoms with van der Waals surface area (Å²) in [4.78, 5) is 0. The van der Waals surface area contributed by atoms with Crippen LogP contribution in [0.2, 0.25) is 0 Å². The van der Waals surface area contributed by atoms with Crippen LogP contribution in [-0.4, -0.2) is 23.4 Å². The van der Waals surface area contributed by atoms with Gasteiger partial charge in [0.15, 0.2) is 0 Å². The van der Waals surface area contributed by atoms with E-state index in [4.69, 9.17) is 4.74 Å². The number of fused-ring (bicyclic) bond motifs is 1. The monoisotopic (exact) mass is 194 g/mol. The van der Waals surface area contributed by atoms with Crippen molar-refractivity contribution in [2.45, 2.75) is 50.4 Å². The van der Waals surface area contributed by atoms with Gasteiger partial charge in [-0.05, 0) is 32.1 Å². The molecular formula is C12H18O2. The Balaban J connectivity index is 1.87. The van der Waals surface area contributed by atoms with Crippen molar-refractivity contribution in [1.29, 1.82) is 0 Å². The molecule has 1 saturated heterocycles. The zero-order valence-electron chi connectivity index (χ0n) is 8.43. The van der Waals surface area contributed by atoms with Crippen LogP contribution in [0, 0.1) is 0 Å². The Morgan fingerprint density at radius 1 is 1.00 bits per heavy atom. The van der Waals surface area contributed by atoms with E-state index in [0.29, 0.717) is 6.10 Å². The maximum atomic E-state index is 9.71. The SMILES string of the molecule is O[C@@H]1C/C=C/CC/C=C\CC[C@H]2O[C@@H]12. The molecule has 2 nitrogen and oxygen atoms in total. The molecule has 0 saturated carbocycles. The lowest BCUT2D eigenvalue weighted by atomic mass is 10.1. The smallest absolute Gasteiger partial charge is 0.110 e. The Labute approximate surface area is 85.3 Å². The Kier molecular flexibility index (Phi) is 3.38. The topological polar surface area (TPSA) is 32.8 Å². The van der Waals surface area contributed by atoms with E-state index in [9.17, 15) is 5.11 Å². The maximum Gasteiger partial charge on any atom is 0.110 e. The molecule has 2 rings (SSSR count). The molecule has 1 fully saturated rings. The highest BCUT2D eigenvalue weighted by molar-refractivity contribution is 4.98. The van der Waals surface area contributed by atoms with Crippen molar-refractivity contribution in [3.05, 3.63) is 24.3 Å². The summed E-state index contributed by atoms with van der Waals surface area (Å²) in [6.45, 7) is 0. The van der Waals surface area contributed by atoms with Crippen LogP contribution in [0.5, 0.6) is 0 Å². The van der Waals surface area contributed by atoms with E-state index in [2.05, 4.69) is 24.3 Å². The molecule has 1 heterocycles. The molecule has 0 unspecified atom stereocenters. The zero-order valence-corrected chi connectivity index (χ0v) is 8.43. The first kappa shape index (κ1) is 9.94. The molecule has 0 radical (unpaired) electrons. The fraction of sp³-hybridized carbons (Fsp3) is 0.667. The Morgan fingerprint density at radius 2 is 1.71 bits per heavy atom. The first-order valence-electron chi connectivity index (χ1n) is 5.51. The summed E-state index contributed by atoms with van der Waals surface area (Å²) >= 11 is 0. The standard InChI is InChI=1S/C12H18O2/c13-10-8-6-4-2-1-3-5-7-9-11-12(10)14-11/h3-6,10-13H,1-2,7-9H2/b5-3-,6-4+/t10-,11-,12+/m1/s1. The molecule has 14 heavy (non-hydrogen) atoms. The molecule has 2 aliphatic rings. The summed E-state index contributed by atoms with van der Waals surface area (Å²) in [5.74, 6) is 0. The van der Waals surface area contributed by atoms with Crippen LogP contribution in [0.15, 0.2) is 24.3 Å². The van der Waals surface area contributed by atoms with Gasteiger partial charge < -0.3 is 9.84 Å². The van der Waals surface area contributed by atoms with Crippen LogP contribution >= 0.6 is 0 Å². The fourth-order valence-corrected chi connectivity index (χ4v) is 1.90. The van der Waals surface area contributed by atoms with Crippen molar-refractivity contribution in [2.24, 2.45) is 0 Å². The largest absolute Gasteiger partial charge is 0.390 e. The van der Waals surface area contributed by atoms with Crippen molar-refractivity contribution >= 4 is 0 Å². The van der Waals surface area contributed by atoms with Gasteiger partial charge in [0.05, 0.1) is 12.2 Å². The molecule has 0 bridgehead atoms. The molecule has 1 aliphatic heterocycles. The predicted octanol–water partition coefficient (Wildman–Crippen LogP) is 2.19. The highest BCUT2D eigenvalue weighted by Gasteiger charge is 2.42. The molecule has 1 N–H and O–H groups in total. The van der Waals surface area contributed by atoms with Gasteiger partial charge in [-0.3, -0.25) is 0 Å². The molecule has 1 aliphatic carbocycles. The third-order valence-corrected chi connectivity index (χ3v) is 2.83. The van der Waals surface area contributed by atoms with Crippen molar-refractivity contribution in [3.8, 4) is 0 Å². The number of epoxide rings is 1. The van der Waals surface area contributed by atoms with Crippen LogP contribution in [0.25, 0.3) is 0 Å². The molecule has 78 valence electrons. The molecule has 3 atom stereocenters. The number of aliphatic hydroxyl groups is 1. The van der Waals surface area contributed by atoms with Gasteiger partial charge >= 0.3 is 0 Å². The first-order chi connectivity index (χ1) is 6.88. The fourth-order valence-electron chi connectivity index (χ4n) is 1.90. The Hall–Kier alpha value is -0.600. The van der Waals surface area contributed by atoms with Crippen molar-refractivity contribution in [2.75, 3.05) is 0 Å². The molecule has 0 amide bonds. The minimum atomic E-state index is -0.292. The molecular weight excluding hydrogens is 176 g/mol. The van der Waals surface area contributed by atoms with Crippen molar-refractivity contribution in [1.82, 2.24) is 0 Å². The van der Waals surface area contributed by atoms with Gasteiger partial charge in [0.2, 0.25) is 0 Å². The number of aliphatic hydroxyl groups excluding tert-OH is 1. The molecule has 0 aromatic heterocycles. The zero-order chi connectivity index (χ0) is 9.80. The van der Waals surface area contributed by atoms with E-state index in [0.717, 1.165) is 32.1 Å². The van der Waals surface area contributed by atoms with Gasteiger partial charge in [-0.25, -0.2) is 0 Å². The van der Waals surface area contributed by atoms with Crippen LogP contribution in [-0.2, 0) is 4.74 Å². The number of allylic oxidation sites excluding steroid dienone is 3. The summed E-state index contributed by atoms with van der Waals surface area (Å²) in [5, 5.41) is 9.71. The van der Waals surface area contributed by atoms with E-state index in [1.54, 1.807) is 0 Å². The highest BCUT2D eigenvalue weighted by atomic mass is 16.6. The Bertz CT molecular complexity index is 232. The van der Waals surface area contributed by atoms with E-state index >= 15 is 0 Å².